The number of nitrogens with one attached hydrogen (secondary N) is 1. The van der Waals surface area contributed by atoms with Crippen LogP contribution in [0.5, 0.6) is 11.5 Å². The molecule has 4 nitrogen and oxygen atoms in total. The fraction of sp³-hybridized carbons (Fsp3) is 0.188. The van der Waals surface area contributed by atoms with Crippen LogP contribution in [0, 0.1) is 0 Å². The van der Waals surface area contributed by atoms with Crippen LogP contribution in [0.1, 0.15) is 17.3 Å². The molecule has 0 aliphatic heterocycles. The molecule has 0 radical (unpaired) electrons. The highest BCUT2D eigenvalue weighted by Gasteiger charge is 2.12. The second-order valence-electron chi connectivity index (χ2n) is 4.38. The number of carbonyl (C=O) groups is 1. The van der Waals surface area contributed by atoms with Gasteiger partial charge in [-0.1, -0.05) is 23.2 Å². The zero-order valence-electron chi connectivity index (χ0n) is 12.2. The molecule has 6 heteroatoms. The molecule has 0 atom stereocenters. The Balaban J connectivity index is 2.22. The van der Waals surface area contributed by atoms with Crippen LogP contribution in [-0.4, -0.2) is 19.6 Å². The first kappa shape index (κ1) is 16.5. The van der Waals surface area contributed by atoms with E-state index in [1.807, 2.05) is 6.92 Å². The molecular formula is C16H15Cl2NO3. The molecular weight excluding hydrogens is 325 g/mol. The summed E-state index contributed by atoms with van der Waals surface area (Å²) in [6.07, 6.45) is 0. The lowest BCUT2D eigenvalue weighted by molar-refractivity contribution is 0.102. The van der Waals surface area contributed by atoms with Crippen LogP contribution >= 0.6 is 23.2 Å². The van der Waals surface area contributed by atoms with Crippen LogP contribution in [0.3, 0.4) is 0 Å². The highest BCUT2D eigenvalue weighted by molar-refractivity contribution is 6.32. The summed E-state index contributed by atoms with van der Waals surface area (Å²) >= 11 is 12.0. The van der Waals surface area contributed by atoms with Gasteiger partial charge in [-0.25, -0.2) is 0 Å². The van der Waals surface area contributed by atoms with E-state index in [0.717, 1.165) is 0 Å². The van der Waals surface area contributed by atoms with Gasteiger partial charge in [0.15, 0.2) is 0 Å². The van der Waals surface area contributed by atoms with Gasteiger partial charge < -0.3 is 14.8 Å². The Hall–Kier alpha value is -1.91. The molecule has 0 saturated heterocycles. The van der Waals surface area contributed by atoms with E-state index in [-0.39, 0.29) is 5.91 Å². The van der Waals surface area contributed by atoms with Crippen molar-refractivity contribution in [2.45, 2.75) is 6.92 Å². The number of amides is 1. The molecule has 0 fully saturated rings. The van der Waals surface area contributed by atoms with Gasteiger partial charge in [0.1, 0.15) is 11.5 Å². The van der Waals surface area contributed by atoms with Gasteiger partial charge in [-0.15, -0.1) is 0 Å². The molecule has 1 N–H and O–H groups in total. The zero-order chi connectivity index (χ0) is 16.1. The Labute approximate surface area is 138 Å². The number of halogens is 2. The van der Waals surface area contributed by atoms with Gasteiger partial charge in [0, 0.05) is 10.6 Å². The van der Waals surface area contributed by atoms with Crippen LogP contribution in [0.25, 0.3) is 0 Å². The summed E-state index contributed by atoms with van der Waals surface area (Å²) in [5.74, 6) is 0.751. The van der Waals surface area contributed by atoms with Gasteiger partial charge in [-0.3, -0.25) is 4.79 Å². The molecule has 2 rings (SSSR count). The van der Waals surface area contributed by atoms with Crippen molar-refractivity contribution < 1.29 is 14.3 Å². The molecule has 2 aromatic rings. The number of rotatable bonds is 5. The van der Waals surface area contributed by atoms with Gasteiger partial charge in [0.2, 0.25) is 0 Å². The Morgan fingerprint density at radius 3 is 2.50 bits per heavy atom. The molecule has 0 bridgehead atoms. The summed E-state index contributed by atoms with van der Waals surface area (Å²) in [5, 5.41) is 3.63. The van der Waals surface area contributed by atoms with Crippen LogP contribution in [0.15, 0.2) is 36.4 Å². The van der Waals surface area contributed by atoms with Gasteiger partial charge in [-0.05, 0) is 43.3 Å². The van der Waals surface area contributed by atoms with Crippen molar-refractivity contribution in [3.05, 3.63) is 52.0 Å². The maximum Gasteiger partial charge on any atom is 0.255 e. The Kier molecular flexibility index (Phi) is 5.52. The standard InChI is InChI=1S/C16H15Cl2NO3/c1-3-22-14-6-4-10(8-12(14)18)16(20)19-13-9-11(17)5-7-15(13)21-2/h4-9H,3H2,1-2H3,(H,19,20). The van der Waals surface area contributed by atoms with Crippen LogP contribution < -0.4 is 14.8 Å². The molecule has 22 heavy (non-hydrogen) atoms. The average Bonchev–Trinajstić information content (AvgIpc) is 2.49. The SMILES string of the molecule is CCOc1ccc(C(=O)Nc2cc(Cl)ccc2OC)cc1Cl. The number of benzene rings is 2. The normalized spacial score (nSPS) is 10.2. The third-order valence-corrected chi connectivity index (χ3v) is 3.43. The van der Waals surface area contributed by atoms with Crippen molar-refractivity contribution in [1.29, 1.82) is 0 Å². The second-order valence-corrected chi connectivity index (χ2v) is 5.22. The maximum atomic E-state index is 12.3. The third kappa shape index (κ3) is 3.84. The maximum absolute atomic E-state index is 12.3. The lowest BCUT2D eigenvalue weighted by Gasteiger charge is -2.11. The van der Waals surface area contributed by atoms with Crippen molar-refractivity contribution in [3.8, 4) is 11.5 Å². The summed E-state index contributed by atoms with van der Waals surface area (Å²) in [4.78, 5) is 12.3. The minimum Gasteiger partial charge on any atom is -0.495 e. The van der Waals surface area contributed by atoms with Crippen molar-refractivity contribution in [3.63, 3.8) is 0 Å². The molecule has 0 aliphatic rings. The van der Waals surface area contributed by atoms with E-state index in [1.54, 1.807) is 36.4 Å². The minimum absolute atomic E-state index is 0.314. The topological polar surface area (TPSA) is 47.6 Å². The quantitative estimate of drug-likeness (QED) is 0.862. The van der Waals surface area contributed by atoms with E-state index in [4.69, 9.17) is 32.7 Å². The number of hydrogen-bond donors (Lipinski definition) is 1. The van der Waals surface area contributed by atoms with E-state index < -0.39 is 0 Å². The van der Waals surface area contributed by atoms with Crippen LogP contribution in [-0.2, 0) is 0 Å². The van der Waals surface area contributed by atoms with Gasteiger partial charge >= 0.3 is 0 Å². The molecule has 0 unspecified atom stereocenters. The highest BCUT2D eigenvalue weighted by atomic mass is 35.5. The van der Waals surface area contributed by atoms with Crippen LogP contribution in [0.2, 0.25) is 10.0 Å². The summed E-state index contributed by atoms with van der Waals surface area (Å²) in [7, 11) is 1.52. The first-order valence-electron chi connectivity index (χ1n) is 6.62. The average molecular weight is 340 g/mol. The summed E-state index contributed by atoms with van der Waals surface area (Å²) in [5.41, 5.74) is 0.903. The van der Waals surface area contributed by atoms with Crippen molar-refractivity contribution in [2.24, 2.45) is 0 Å². The fourth-order valence-electron chi connectivity index (χ4n) is 1.89. The zero-order valence-corrected chi connectivity index (χ0v) is 13.7. The lowest BCUT2D eigenvalue weighted by Crippen LogP contribution is -2.12. The van der Waals surface area contributed by atoms with Crippen molar-refractivity contribution >= 4 is 34.8 Å². The Morgan fingerprint density at radius 2 is 1.86 bits per heavy atom. The second kappa shape index (κ2) is 7.38. The molecule has 1 amide bonds. The van der Waals surface area contributed by atoms with E-state index in [9.17, 15) is 4.79 Å². The summed E-state index contributed by atoms with van der Waals surface area (Å²) < 4.78 is 10.5. The highest BCUT2D eigenvalue weighted by Crippen LogP contribution is 2.29. The molecule has 0 spiro atoms. The van der Waals surface area contributed by atoms with E-state index >= 15 is 0 Å². The predicted molar refractivity (Wildman–Crippen MR) is 88.6 cm³/mol. The first-order chi connectivity index (χ1) is 10.5. The van der Waals surface area contributed by atoms with Gasteiger partial charge in [0.25, 0.3) is 5.91 Å². The minimum atomic E-state index is -0.314. The third-order valence-electron chi connectivity index (χ3n) is 2.90. The van der Waals surface area contributed by atoms with Gasteiger partial charge in [0.05, 0.1) is 24.4 Å². The predicted octanol–water partition coefficient (Wildman–Crippen LogP) is 4.65. The van der Waals surface area contributed by atoms with Crippen molar-refractivity contribution in [1.82, 2.24) is 0 Å². The number of ether oxygens (including phenoxy) is 2. The molecule has 116 valence electrons. The van der Waals surface area contributed by atoms with Crippen molar-refractivity contribution in [2.75, 3.05) is 19.0 Å². The molecule has 0 aliphatic carbocycles. The molecule has 2 aromatic carbocycles. The number of methoxy groups -OCH3 is 1. The number of anilines is 1. The van der Waals surface area contributed by atoms with Gasteiger partial charge in [-0.2, -0.15) is 0 Å². The molecule has 0 saturated carbocycles. The molecule has 0 heterocycles. The number of hydrogen-bond acceptors (Lipinski definition) is 3. The lowest BCUT2D eigenvalue weighted by atomic mass is 10.2. The smallest absolute Gasteiger partial charge is 0.255 e. The fourth-order valence-corrected chi connectivity index (χ4v) is 2.29. The summed E-state index contributed by atoms with van der Waals surface area (Å²) in [6, 6.07) is 9.85. The van der Waals surface area contributed by atoms with E-state index in [0.29, 0.717) is 39.4 Å². The van der Waals surface area contributed by atoms with E-state index in [2.05, 4.69) is 5.32 Å². The number of carbonyl (C=O) groups excluding carboxylic acids is 1. The Morgan fingerprint density at radius 1 is 1.14 bits per heavy atom. The largest absolute Gasteiger partial charge is 0.495 e. The van der Waals surface area contributed by atoms with Crippen LogP contribution in [0.4, 0.5) is 5.69 Å². The monoisotopic (exact) mass is 339 g/mol. The summed E-state index contributed by atoms with van der Waals surface area (Å²) in [6.45, 7) is 2.37. The Bertz CT molecular complexity index is 689. The molecule has 0 aromatic heterocycles. The van der Waals surface area contributed by atoms with E-state index in [1.165, 1.54) is 7.11 Å². The first-order valence-corrected chi connectivity index (χ1v) is 7.38.